The van der Waals surface area contributed by atoms with Gasteiger partial charge in [-0.25, -0.2) is 4.21 Å². The molecule has 1 N–H and O–H groups in total. The van der Waals surface area contributed by atoms with Crippen molar-refractivity contribution < 1.29 is 4.21 Å². The number of nitrogens with one attached hydrogen (secondary N) is 1. The maximum atomic E-state index is 15.3. The summed E-state index contributed by atoms with van der Waals surface area (Å²) in [4.78, 5) is 1.82. The molecule has 42 heavy (non-hydrogen) atoms. The Balaban J connectivity index is 1.81. The summed E-state index contributed by atoms with van der Waals surface area (Å²) in [7, 11) is -1.44. The molecule has 0 radical (unpaired) electrons. The molecule has 216 valence electrons. The Kier molecular flexibility index (Phi) is 9.20. The third-order valence-corrected chi connectivity index (χ3v) is 9.88. The molecule has 0 bridgehead atoms. The van der Waals surface area contributed by atoms with Crippen LogP contribution in [0.15, 0.2) is 113 Å². The van der Waals surface area contributed by atoms with Crippen LogP contribution < -0.4 is 5.32 Å². The maximum absolute atomic E-state index is 15.3. The van der Waals surface area contributed by atoms with E-state index in [9.17, 15) is 0 Å². The summed E-state index contributed by atoms with van der Waals surface area (Å²) < 4.78 is 15.3. The highest BCUT2D eigenvalue weighted by atomic mass is 35.5. The lowest BCUT2D eigenvalue weighted by Gasteiger charge is -2.27. The van der Waals surface area contributed by atoms with Gasteiger partial charge in [0.25, 0.3) is 0 Å². The summed E-state index contributed by atoms with van der Waals surface area (Å²) >= 11 is 6.23. The van der Waals surface area contributed by atoms with Crippen LogP contribution in [0.2, 0.25) is 5.02 Å². The number of hydrogen-bond donors (Lipinski definition) is 1. The van der Waals surface area contributed by atoms with Crippen LogP contribution in [0.25, 0.3) is 10.8 Å². The second-order valence-corrected chi connectivity index (χ2v) is 13.8. The molecule has 0 aliphatic carbocycles. The molecule has 5 aromatic rings. The Morgan fingerprint density at radius 1 is 0.595 bits per heavy atom. The zero-order valence-electron chi connectivity index (χ0n) is 25.3. The van der Waals surface area contributed by atoms with Crippen molar-refractivity contribution in [3.63, 3.8) is 0 Å². The molecule has 0 saturated heterocycles. The fourth-order valence-electron chi connectivity index (χ4n) is 5.60. The van der Waals surface area contributed by atoms with Gasteiger partial charge in [-0.05, 0) is 80.6 Å². The first-order valence-corrected chi connectivity index (χ1v) is 16.4. The Bertz CT molecular complexity index is 1680. The van der Waals surface area contributed by atoms with E-state index in [-0.39, 0.29) is 17.9 Å². The predicted octanol–water partition coefficient (Wildman–Crippen LogP) is 11.2. The van der Waals surface area contributed by atoms with Crippen molar-refractivity contribution in [3.05, 3.63) is 136 Å². The number of fused-ring (bicyclic) bond motifs is 1. The fraction of sp³-hybridized carbons (Fsp3) is 0.263. The van der Waals surface area contributed by atoms with Crippen molar-refractivity contribution in [2.75, 3.05) is 5.32 Å². The lowest BCUT2D eigenvalue weighted by molar-refractivity contribution is 0.675. The van der Waals surface area contributed by atoms with Gasteiger partial charge in [-0.3, -0.25) is 0 Å². The number of rotatable bonds is 9. The molecule has 0 heterocycles. The quantitative estimate of drug-likeness (QED) is 0.184. The average Bonchev–Trinajstić information content (AvgIpc) is 2.99. The zero-order valence-corrected chi connectivity index (χ0v) is 26.9. The minimum Gasteiger partial charge on any atom is -0.374 e. The Labute approximate surface area is 258 Å². The van der Waals surface area contributed by atoms with Crippen LogP contribution >= 0.6 is 11.6 Å². The summed E-state index contributed by atoms with van der Waals surface area (Å²) in [6.45, 7) is 13.3. The van der Waals surface area contributed by atoms with Crippen molar-refractivity contribution >= 4 is 38.9 Å². The van der Waals surface area contributed by atoms with Crippen molar-refractivity contribution in [1.82, 2.24) is 0 Å². The van der Waals surface area contributed by atoms with Gasteiger partial charge in [0.1, 0.15) is 0 Å². The average molecular weight is 594 g/mol. The third-order valence-electron chi connectivity index (χ3n) is 7.96. The van der Waals surface area contributed by atoms with E-state index < -0.39 is 10.8 Å². The first-order valence-electron chi connectivity index (χ1n) is 14.8. The molecular weight excluding hydrogens is 554 g/mol. The summed E-state index contributed by atoms with van der Waals surface area (Å²) in [5.74, 6) is 0.855. The Hall–Kier alpha value is -3.40. The lowest BCUT2D eigenvalue weighted by atomic mass is 9.89. The molecule has 4 heteroatoms. The molecule has 0 spiro atoms. The van der Waals surface area contributed by atoms with E-state index >= 15 is 4.21 Å². The number of halogens is 1. The number of anilines is 1. The molecule has 0 aliphatic heterocycles. The second-order valence-electron chi connectivity index (χ2n) is 12.0. The van der Waals surface area contributed by atoms with Gasteiger partial charge in [0.2, 0.25) is 0 Å². The monoisotopic (exact) mass is 593 g/mol. The molecule has 0 saturated carbocycles. The van der Waals surface area contributed by atoms with Gasteiger partial charge in [0, 0.05) is 10.7 Å². The van der Waals surface area contributed by atoms with E-state index in [1.807, 2.05) is 42.5 Å². The van der Waals surface area contributed by atoms with E-state index in [1.165, 1.54) is 16.7 Å². The van der Waals surface area contributed by atoms with Gasteiger partial charge < -0.3 is 5.32 Å². The fourth-order valence-corrected chi connectivity index (χ4v) is 7.73. The third kappa shape index (κ3) is 6.19. The molecule has 0 fully saturated rings. The van der Waals surface area contributed by atoms with Crippen LogP contribution in [0.5, 0.6) is 0 Å². The van der Waals surface area contributed by atoms with Crippen LogP contribution in [0.4, 0.5) is 5.69 Å². The highest BCUT2D eigenvalue weighted by molar-refractivity contribution is 7.85. The summed E-state index contributed by atoms with van der Waals surface area (Å²) in [5.41, 5.74) is 6.70. The summed E-state index contributed by atoms with van der Waals surface area (Å²) in [6, 6.07) is 35.2. The van der Waals surface area contributed by atoms with Gasteiger partial charge in [-0.2, -0.15) is 0 Å². The molecule has 0 aromatic heterocycles. The van der Waals surface area contributed by atoms with Gasteiger partial charge in [0.15, 0.2) is 0 Å². The second kappa shape index (κ2) is 12.9. The lowest BCUT2D eigenvalue weighted by Crippen LogP contribution is -2.17. The predicted molar refractivity (Wildman–Crippen MR) is 181 cm³/mol. The minimum absolute atomic E-state index is 0.226. The smallest absolute Gasteiger partial charge is 0.0865 e. The summed E-state index contributed by atoms with van der Waals surface area (Å²) in [6.07, 6.45) is 0. The molecule has 5 aromatic carbocycles. The van der Waals surface area contributed by atoms with Crippen LogP contribution in [-0.2, 0) is 10.8 Å². The largest absolute Gasteiger partial charge is 0.374 e. The van der Waals surface area contributed by atoms with Crippen molar-refractivity contribution in [1.29, 1.82) is 0 Å². The molecule has 1 unspecified atom stereocenters. The van der Waals surface area contributed by atoms with E-state index in [0.717, 1.165) is 37.4 Å². The molecule has 0 aliphatic rings. The van der Waals surface area contributed by atoms with Gasteiger partial charge >= 0.3 is 0 Å². The zero-order chi connectivity index (χ0) is 30.0. The first kappa shape index (κ1) is 30.1. The van der Waals surface area contributed by atoms with Gasteiger partial charge in [0.05, 0.1) is 26.6 Å². The molecule has 2 atom stereocenters. The highest BCUT2D eigenvalue weighted by Gasteiger charge is 2.28. The van der Waals surface area contributed by atoms with E-state index in [4.69, 9.17) is 11.6 Å². The number of hydrogen-bond acceptors (Lipinski definition) is 2. The SMILES string of the molecule is CC(C)c1cc(C(C)C)c(S(=O)c2c([C@H](Nc3ccc(Cl)cc3)c3ccccc3)ccc3ccccc23)c(C(C)C)c1. The first-order chi connectivity index (χ1) is 20.2. The topological polar surface area (TPSA) is 29.1 Å². The minimum atomic E-state index is -1.44. The van der Waals surface area contributed by atoms with E-state index in [1.54, 1.807) is 0 Å². The molecule has 2 nitrogen and oxygen atoms in total. The van der Waals surface area contributed by atoms with Crippen LogP contribution in [0, 0.1) is 0 Å². The van der Waals surface area contributed by atoms with Crippen LogP contribution in [-0.4, -0.2) is 4.21 Å². The van der Waals surface area contributed by atoms with Crippen molar-refractivity contribution in [2.45, 2.75) is 75.1 Å². The Morgan fingerprint density at radius 2 is 1.19 bits per heavy atom. The number of benzene rings is 5. The Morgan fingerprint density at radius 3 is 1.79 bits per heavy atom. The standard InChI is InChI=1S/C38H40ClNOS/c1-24(2)29-22-34(25(3)4)38(35(23-29)26(5)6)42(41)37-32-15-11-10-12-27(32)16-21-33(37)36(28-13-8-7-9-14-28)40-31-19-17-30(39)18-20-31/h7-26,36,40H,1-6H3/t36-,42?/m1/s1. The van der Waals surface area contributed by atoms with Crippen molar-refractivity contribution in [3.8, 4) is 0 Å². The normalized spacial score (nSPS) is 13.2. The van der Waals surface area contributed by atoms with E-state index in [2.05, 4.69) is 108 Å². The van der Waals surface area contributed by atoms with Crippen LogP contribution in [0.1, 0.15) is 93.2 Å². The van der Waals surface area contributed by atoms with E-state index in [0.29, 0.717) is 10.9 Å². The molecular formula is C38H40ClNOS. The molecule has 0 amide bonds. The molecule has 5 rings (SSSR count). The van der Waals surface area contributed by atoms with Gasteiger partial charge in [-0.1, -0.05) is 132 Å². The van der Waals surface area contributed by atoms with Crippen LogP contribution in [0.3, 0.4) is 0 Å². The highest BCUT2D eigenvalue weighted by Crippen LogP contribution is 2.41. The summed E-state index contributed by atoms with van der Waals surface area (Å²) in [5, 5.41) is 6.55. The maximum Gasteiger partial charge on any atom is 0.0865 e. The van der Waals surface area contributed by atoms with Gasteiger partial charge in [-0.15, -0.1) is 0 Å². The van der Waals surface area contributed by atoms with Crippen molar-refractivity contribution in [2.24, 2.45) is 0 Å².